The van der Waals surface area contributed by atoms with E-state index < -0.39 is 6.10 Å². The Morgan fingerprint density at radius 2 is 2.00 bits per heavy atom. The highest BCUT2D eigenvalue weighted by molar-refractivity contribution is 6.31. The Balaban J connectivity index is 1.47. The van der Waals surface area contributed by atoms with E-state index in [9.17, 15) is 15.3 Å². The van der Waals surface area contributed by atoms with Gasteiger partial charge < -0.3 is 25.4 Å². The van der Waals surface area contributed by atoms with Gasteiger partial charge in [-0.3, -0.25) is 0 Å². The number of aliphatic hydroxyl groups is 2. The lowest BCUT2D eigenvalue weighted by molar-refractivity contribution is 0.0429. The number of phenols is 1. The maximum atomic E-state index is 10.3. The van der Waals surface area contributed by atoms with Crippen molar-refractivity contribution >= 4 is 11.6 Å². The summed E-state index contributed by atoms with van der Waals surface area (Å²) in [5.74, 6) is 0.0291. The van der Waals surface area contributed by atoms with Crippen LogP contribution in [-0.2, 0) is 11.3 Å². The van der Waals surface area contributed by atoms with E-state index in [-0.39, 0.29) is 24.6 Å². The van der Waals surface area contributed by atoms with Crippen molar-refractivity contribution in [1.29, 1.82) is 0 Å². The molecule has 4 N–H and O–H groups in total. The third-order valence-corrected chi connectivity index (χ3v) is 5.07. The molecule has 0 radical (unpaired) electrons. The molecule has 1 fully saturated rings. The fraction of sp³-hybridized carbons (Fsp3) is 0.400. The highest BCUT2D eigenvalue weighted by atomic mass is 35.5. The van der Waals surface area contributed by atoms with Crippen molar-refractivity contribution in [2.24, 2.45) is 0 Å². The molecule has 2 aromatic carbocycles. The van der Waals surface area contributed by atoms with E-state index in [4.69, 9.17) is 16.3 Å². The predicted molar refractivity (Wildman–Crippen MR) is 100 cm³/mol. The zero-order valence-electron chi connectivity index (χ0n) is 14.4. The molecule has 1 aliphatic heterocycles. The summed E-state index contributed by atoms with van der Waals surface area (Å²) >= 11 is 6.24. The molecule has 2 aromatic rings. The van der Waals surface area contributed by atoms with Gasteiger partial charge in [-0.05, 0) is 42.2 Å². The zero-order chi connectivity index (χ0) is 18.5. The number of halogens is 1. The van der Waals surface area contributed by atoms with Crippen LogP contribution in [0.2, 0.25) is 5.02 Å². The van der Waals surface area contributed by atoms with Crippen LogP contribution in [0.5, 0.6) is 5.75 Å². The van der Waals surface area contributed by atoms with Crippen molar-refractivity contribution in [3.05, 3.63) is 64.2 Å². The van der Waals surface area contributed by atoms with Crippen LogP contribution >= 0.6 is 11.6 Å². The van der Waals surface area contributed by atoms with E-state index in [0.29, 0.717) is 24.2 Å². The van der Waals surface area contributed by atoms with Crippen LogP contribution in [0, 0.1) is 0 Å². The fourth-order valence-corrected chi connectivity index (χ4v) is 3.52. The number of ether oxygens (including phenoxy) is 1. The fourth-order valence-electron chi connectivity index (χ4n) is 3.26. The average Bonchev–Trinajstić information content (AvgIpc) is 3.11. The number of aromatic hydroxyl groups is 1. The molecule has 0 aliphatic carbocycles. The number of rotatable bonds is 7. The Morgan fingerprint density at radius 1 is 1.19 bits per heavy atom. The molecule has 1 saturated heterocycles. The second-order valence-corrected chi connectivity index (χ2v) is 6.97. The lowest BCUT2D eigenvalue weighted by atomic mass is 10.0. The summed E-state index contributed by atoms with van der Waals surface area (Å²) < 4.78 is 6.07. The van der Waals surface area contributed by atoms with Crippen molar-refractivity contribution in [2.75, 3.05) is 13.1 Å². The number of benzene rings is 2. The Bertz CT molecular complexity index is 740. The Labute approximate surface area is 158 Å². The van der Waals surface area contributed by atoms with Crippen LogP contribution in [0.4, 0.5) is 0 Å². The summed E-state index contributed by atoms with van der Waals surface area (Å²) in [6.07, 6.45) is 1.24. The zero-order valence-corrected chi connectivity index (χ0v) is 15.2. The molecule has 140 valence electrons. The number of nitrogens with one attached hydrogen (secondary N) is 1. The first-order valence-corrected chi connectivity index (χ1v) is 9.17. The SMILES string of the molecule is OCc1cc(C(O)CNCC2CCC(c3ccccc3Cl)O2)ccc1O. The van der Waals surface area contributed by atoms with Crippen LogP contribution < -0.4 is 5.32 Å². The summed E-state index contributed by atoms with van der Waals surface area (Å²) in [4.78, 5) is 0. The van der Waals surface area contributed by atoms with Gasteiger partial charge in [0.1, 0.15) is 5.75 Å². The molecule has 5 nitrogen and oxygen atoms in total. The van der Waals surface area contributed by atoms with Gasteiger partial charge in [-0.25, -0.2) is 0 Å². The summed E-state index contributed by atoms with van der Waals surface area (Å²) in [6, 6.07) is 12.5. The van der Waals surface area contributed by atoms with Gasteiger partial charge in [0.05, 0.1) is 24.9 Å². The third kappa shape index (κ3) is 4.55. The normalized spacial score (nSPS) is 21.0. The van der Waals surface area contributed by atoms with Crippen LogP contribution in [0.25, 0.3) is 0 Å². The quantitative estimate of drug-likeness (QED) is 0.596. The number of aliphatic hydroxyl groups excluding tert-OH is 2. The first kappa shape index (κ1) is 19.1. The summed E-state index contributed by atoms with van der Waals surface area (Å²) in [6.45, 7) is 0.744. The van der Waals surface area contributed by atoms with Crippen molar-refractivity contribution in [1.82, 2.24) is 5.32 Å². The van der Waals surface area contributed by atoms with Gasteiger partial charge in [0.25, 0.3) is 0 Å². The van der Waals surface area contributed by atoms with E-state index in [1.165, 1.54) is 6.07 Å². The van der Waals surface area contributed by atoms with Crippen molar-refractivity contribution in [2.45, 2.75) is 37.8 Å². The smallest absolute Gasteiger partial charge is 0.121 e. The van der Waals surface area contributed by atoms with Gasteiger partial charge in [0, 0.05) is 23.7 Å². The Hall–Kier alpha value is -1.63. The van der Waals surface area contributed by atoms with Crippen molar-refractivity contribution < 1.29 is 20.1 Å². The first-order chi connectivity index (χ1) is 12.6. The minimum atomic E-state index is -0.721. The second kappa shape index (κ2) is 8.84. The van der Waals surface area contributed by atoms with Gasteiger partial charge in [0.2, 0.25) is 0 Å². The monoisotopic (exact) mass is 377 g/mol. The van der Waals surface area contributed by atoms with Crippen molar-refractivity contribution in [3.63, 3.8) is 0 Å². The minimum absolute atomic E-state index is 0.0182. The van der Waals surface area contributed by atoms with E-state index in [0.717, 1.165) is 23.4 Å². The van der Waals surface area contributed by atoms with Gasteiger partial charge in [-0.1, -0.05) is 35.9 Å². The van der Waals surface area contributed by atoms with Crippen LogP contribution in [0.15, 0.2) is 42.5 Å². The third-order valence-electron chi connectivity index (χ3n) is 4.73. The van der Waals surface area contributed by atoms with E-state index in [1.54, 1.807) is 12.1 Å². The molecule has 6 heteroatoms. The van der Waals surface area contributed by atoms with E-state index in [2.05, 4.69) is 5.32 Å². The predicted octanol–water partition coefficient (Wildman–Crippen LogP) is 3.08. The van der Waals surface area contributed by atoms with Gasteiger partial charge in [0.15, 0.2) is 0 Å². The molecule has 3 rings (SSSR count). The largest absolute Gasteiger partial charge is 0.508 e. The number of hydrogen-bond acceptors (Lipinski definition) is 5. The molecule has 1 heterocycles. The molecule has 0 saturated carbocycles. The highest BCUT2D eigenvalue weighted by Gasteiger charge is 2.27. The maximum Gasteiger partial charge on any atom is 0.121 e. The first-order valence-electron chi connectivity index (χ1n) is 8.79. The van der Waals surface area contributed by atoms with E-state index >= 15 is 0 Å². The van der Waals surface area contributed by atoms with Gasteiger partial charge in [-0.2, -0.15) is 0 Å². The second-order valence-electron chi connectivity index (χ2n) is 6.57. The molecule has 0 bridgehead atoms. The van der Waals surface area contributed by atoms with Crippen molar-refractivity contribution in [3.8, 4) is 5.75 Å². The van der Waals surface area contributed by atoms with Crippen LogP contribution in [0.1, 0.15) is 41.7 Å². The average molecular weight is 378 g/mol. The topological polar surface area (TPSA) is 82.0 Å². The maximum absolute atomic E-state index is 10.3. The Morgan fingerprint density at radius 3 is 2.77 bits per heavy atom. The summed E-state index contributed by atoms with van der Waals surface area (Å²) in [5.41, 5.74) is 2.08. The lowest BCUT2D eigenvalue weighted by Crippen LogP contribution is -2.30. The van der Waals surface area contributed by atoms with Gasteiger partial charge in [-0.15, -0.1) is 0 Å². The lowest BCUT2D eigenvalue weighted by Gasteiger charge is -2.17. The van der Waals surface area contributed by atoms with Crippen LogP contribution in [0.3, 0.4) is 0 Å². The molecular weight excluding hydrogens is 354 g/mol. The highest BCUT2D eigenvalue weighted by Crippen LogP contribution is 2.35. The molecule has 3 atom stereocenters. The molecule has 1 aliphatic rings. The van der Waals surface area contributed by atoms with Crippen LogP contribution in [-0.4, -0.2) is 34.5 Å². The van der Waals surface area contributed by atoms with E-state index in [1.807, 2.05) is 24.3 Å². The molecule has 0 amide bonds. The van der Waals surface area contributed by atoms with Gasteiger partial charge >= 0.3 is 0 Å². The summed E-state index contributed by atoms with van der Waals surface area (Å²) in [5, 5.41) is 33.0. The molecule has 3 unspecified atom stereocenters. The minimum Gasteiger partial charge on any atom is -0.508 e. The molecular formula is C20H24ClNO4. The standard InChI is InChI=1S/C20H24ClNO4/c21-17-4-2-1-3-16(17)20-8-6-15(26-20)10-22-11-19(25)13-5-7-18(24)14(9-13)12-23/h1-5,7,9,15,19-20,22-25H,6,8,10-12H2. The Kier molecular flexibility index (Phi) is 6.51. The summed E-state index contributed by atoms with van der Waals surface area (Å²) in [7, 11) is 0. The number of hydrogen-bond donors (Lipinski definition) is 4. The molecule has 0 spiro atoms. The molecule has 26 heavy (non-hydrogen) atoms. The molecule has 0 aromatic heterocycles.